The highest BCUT2D eigenvalue weighted by Gasteiger charge is 2.35. The van der Waals surface area contributed by atoms with Crippen LogP contribution in [0.3, 0.4) is 0 Å². The molecule has 1 unspecified atom stereocenters. The molecule has 0 radical (unpaired) electrons. The van der Waals surface area contributed by atoms with Crippen LogP contribution in [0.15, 0.2) is 56.2 Å². The molecular formula is C18H16N3O2S2+. The van der Waals surface area contributed by atoms with Crippen LogP contribution in [-0.2, 0) is 13.0 Å². The Kier molecular flexibility index (Phi) is 3.77. The van der Waals surface area contributed by atoms with Crippen LogP contribution in [0.25, 0.3) is 11.7 Å². The molecule has 25 heavy (non-hydrogen) atoms. The molecule has 0 saturated carbocycles. The van der Waals surface area contributed by atoms with E-state index in [-0.39, 0.29) is 0 Å². The summed E-state index contributed by atoms with van der Waals surface area (Å²) >= 11 is 3.68. The van der Waals surface area contributed by atoms with Crippen molar-refractivity contribution in [3.8, 4) is 11.7 Å². The minimum Gasteiger partial charge on any atom is -0.459 e. The molecule has 1 aliphatic heterocycles. The molecule has 0 aliphatic carbocycles. The highest BCUT2D eigenvalue weighted by molar-refractivity contribution is 7.10. The SMILES string of the molecule is c1coc(-c2nnc(C[NH+]3CCc4sccc4[C@H]3c3cccs3)o2)c1. The predicted octanol–water partition coefficient (Wildman–Crippen LogP) is 3.18. The number of thiophene rings is 2. The van der Waals surface area contributed by atoms with E-state index < -0.39 is 0 Å². The van der Waals surface area contributed by atoms with Gasteiger partial charge in [-0.05, 0) is 35.0 Å². The quantitative estimate of drug-likeness (QED) is 0.599. The van der Waals surface area contributed by atoms with Crippen molar-refractivity contribution < 1.29 is 13.7 Å². The highest BCUT2D eigenvalue weighted by Crippen LogP contribution is 2.32. The number of furan rings is 1. The van der Waals surface area contributed by atoms with E-state index in [0.717, 1.165) is 13.0 Å². The monoisotopic (exact) mass is 370 g/mol. The summed E-state index contributed by atoms with van der Waals surface area (Å²) in [4.78, 5) is 4.34. The van der Waals surface area contributed by atoms with Crippen LogP contribution in [-0.4, -0.2) is 16.7 Å². The van der Waals surface area contributed by atoms with E-state index in [9.17, 15) is 0 Å². The third kappa shape index (κ3) is 2.74. The lowest BCUT2D eigenvalue weighted by molar-refractivity contribution is -0.942. The largest absolute Gasteiger partial charge is 0.459 e. The fraction of sp³-hybridized carbons (Fsp3) is 0.222. The molecule has 1 aliphatic rings. The van der Waals surface area contributed by atoms with Gasteiger partial charge >= 0.3 is 0 Å². The summed E-state index contributed by atoms with van der Waals surface area (Å²) in [5.41, 5.74) is 1.44. The van der Waals surface area contributed by atoms with Gasteiger partial charge < -0.3 is 13.7 Å². The van der Waals surface area contributed by atoms with E-state index in [1.165, 1.54) is 20.2 Å². The summed E-state index contributed by atoms with van der Waals surface area (Å²) in [6.45, 7) is 1.78. The van der Waals surface area contributed by atoms with Gasteiger partial charge in [0.15, 0.2) is 12.3 Å². The van der Waals surface area contributed by atoms with Gasteiger partial charge in [0, 0.05) is 16.9 Å². The first kappa shape index (κ1) is 15.1. The third-order valence-corrected chi connectivity index (χ3v) is 6.51. The molecule has 0 bridgehead atoms. The van der Waals surface area contributed by atoms with Crippen molar-refractivity contribution in [1.82, 2.24) is 10.2 Å². The van der Waals surface area contributed by atoms with Gasteiger partial charge in [0.05, 0.1) is 17.7 Å². The second kappa shape index (κ2) is 6.25. The maximum absolute atomic E-state index is 5.84. The molecule has 5 nitrogen and oxygen atoms in total. The summed E-state index contributed by atoms with van der Waals surface area (Å²) in [6.07, 6.45) is 2.71. The topological polar surface area (TPSA) is 56.5 Å². The summed E-state index contributed by atoms with van der Waals surface area (Å²) in [6, 6.07) is 10.6. The van der Waals surface area contributed by atoms with E-state index in [1.54, 1.807) is 6.26 Å². The minimum absolute atomic E-state index is 0.342. The van der Waals surface area contributed by atoms with Gasteiger partial charge in [0.25, 0.3) is 11.8 Å². The van der Waals surface area contributed by atoms with Crippen molar-refractivity contribution >= 4 is 22.7 Å². The average molecular weight is 370 g/mol. The number of fused-ring (bicyclic) bond motifs is 1. The average Bonchev–Trinajstić information content (AvgIpc) is 3.39. The molecule has 5 heterocycles. The zero-order chi connectivity index (χ0) is 16.6. The van der Waals surface area contributed by atoms with Crippen LogP contribution < -0.4 is 4.90 Å². The van der Waals surface area contributed by atoms with Gasteiger partial charge in [-0.2, -0.15) is 0 Å². The van der Waals surface area contributed by atoms with Crippen LogP contribution in [0.1, 0.15) is 27.3 Å². The first-order valence-corrected chi connectivity index (χ1v) is 9.95. The molecule has 0 saturated heterocycles. The molecular weight excluding hydrogens is 354 g/mol. The molecule has 7 heteroatoms. The Labute approximate surface area is 152 Å². The summed E-state index contributed by atoms with van der Waals surface area (Å²) in [7, 11) is 0. The van der Waals surface area contributed by atoms with Crippen molar-refractivity contribution in [3.63, 3.8) is 0 Å². The smallest absolute Gasteiger partial charge is 0.283 e. The van der Waals surface area contributed by atoms with E-state index in [1.807, 2.05) is 34.8 Å². The summed E-state index contributed by atoms with van der Waals surface area (Å²) in [5.74, 6) is 1.71. The van der Waals surface area contributed by atoms with Crippen LogP contribution in [0.4, 0.5) is 0 Å². The summed E-state index contributed by atoms with van der Waals surface area (Å²) in [5, 5.41) is 12.7. The molecule has 0 spiro atoms. The summed E-state index contributed by atoms with van der Waals surface area (Å²) < 4.78 is 11.2. The molecule has 5 rings (SSSR count). The first-order chi connectivity index (χ1) is 12.4. The Hall–Kier alpha value is -2.22. The Morgan fingerprint density at radius 2 is 2.12 bits per heavy atom. The van der Waals surface area contributed by atoms with Crippen LogP contribution >= 0.6 is 22.7 Å². The maximum Gasteiger partial charge on any atom is 0.283 e. The van der Waals surface area contributed by atoms with E-state index in [0.29, 0.717) is 30.1 Å². The predicted molar refractivity (Wildman–Crippen MR) is 95.7 cm³/mol. The number of aromatic nitrogens is 2. The molecule has 0 aromatic carbocycles. The van der Waals surface area contributed by atoms with Crippen molar-refractivity contribution in [3.05, 3.63) is 68.6 Å². The second-order valence-corrected chi connectivity index (χ2v) is 8.04. The molecule has 4 aromatic rings. The van der Waals surface area contributed by atoms with E-state index in [4.69, 9.17) is 8.83 Å². The van der Waals surface area contributed by atoms with Crippen molar-refractivity contribution in [1.29, 1.82) is 0 Å². The fourth-order valence-corrected chi connectivity index (χ4v) is 5.29. The number of nitrogens with zero attached hydrogens (tertiary/aromatic N) is 2. The molecule has 1 N–H and O–H groups in total. The number of rotatable bonds is 4. The third-order valence-electron chi connectivity index (χ3n) is 4.58. The fourth-order valence-electron chi connectivity index (χ4n) is 3.47. The van der Waals surface area contributed by atoms with Gasteiger partial charge in [-0.3, -0.25) is 0 Å². The van der Waals surface area contributed by atoms with Gasteiger partial charge in [-0.25, -0.2) is 0 Å². The molecule has 4 aromatic heterocycles. The Morgan fingerprint density at radius 3 is 2.96 bits per heavy atom. The Balaban J connectivity index is 1.45. The minimum atomic E-state index is 0.342. The second-order valence-electron chi connectivity index (χ2n) is 6.06. The zero-order valence-corrected chi connectivity index (χ0v) is 15.0. The van der Waals surface area contributed by atoms with E-state index in [2.05, 4.69) is 39.2 Å². The first-order valence-electron chi connectivity index (χ1n) is 8.19. The molecule has 0 fully saturated rings. The lowest BCUT2D eigenvalue weighted by Crippen LogP contribution is -3.12. The van der Waals surface area contributed by atoms with Crippen molar-refractivity contribution in [2.75, 3.05) is 6.54 Å². The van der Waals surface area contributed by atoms with Crippen LogP contribution in [0.2, 0.25) is 0 Å². The van der Waals surface area contributed by atoms with Crippen molar-refractivity contribution in [2.24, 2.45) is 0 Å². The number of hydrogen-bond donors (Lipinski definition) is 1. The Morgan fingerprint density at radius 1 is 1.12 bits per heavy atom. The van der Waals surface area contributed by atoms with Crippen molar-refractivity contribution in [2.45, 2.75) is 19.0 Å². The molecule has 2 atom stereocenters. The normalized spacial score (nSPS) is 19.8. The Bertz CT molecular complexity index is 956. The number of quaternary nitrogens is 1. The van der Waals surface area contributed by atoms with Gasteiger partial charge in [-0.15, -0.1) is 32.9 Å². The maximum atomic E-state index is 5.84. The van der Waals surface area contributed by atoms with Gasteiger partial charge in [0.2, 0.25) is 0 Å². The lowest BCUT2D eigenvalue weighted by atomic mass is 9.98. The number of nitrogens with one attached hydrogen (secondary N) is 1. The van der Waals surface area contributed by atoms with E-state index >= 15 is 0 Å². The zero-order valence-electron chi connectivity index (χ0n) is 13.3. The lowest BCUT2D eigenvalue weighted by Gasteiger charge is -2.31. The highest BCUT2D eigenvalue weighted by atomic mass is 32.1. The standard InChI is InChI=1S/C18H15N3O2S2/c1-3-13(22-8-1)18-20-19-16(23-18)11-21-7-5-14-12(6-10-25-14)17(21)15-4-2-9-24-15/h1-4,6,8-10,17H,5,7,11H2/p+1/t17-/m0/s1. The van der Waals surface area contributed by atoms with Gasteiger partial charge in [-0.1, -0.05) is 6.07 Å². The molecule has 126 valence electrons. The van der Waals surface area contributed by atoms with Crippen LogP contribution in [0.5, 0.6) is 0 Å². The molecule has 0 amide bonds. The van der Waals surface area contributed by atoms with Crippen LogP contribution in [0, 0.1) is 0 Å². The number of hydrogen-bond acceptors (Lipinski definition) is 6. The van der Waals surface area contributed by atoms with Gasteiger partial charge in [0.1, 0.15) is 6.04 Å².